The molecule has 4 heteroatoms. The molecule has 2 rings (SSSR count). The van der Waals surface area contributed by atoms with E-state index in [1.165, 1.54) is 0 Å². The van der Waals surface area contributed by atoms with Gasteiger partial charge in [0.15, 0.2) is 6.10 Å². The second-order valence-corrected chi connectivity index (χ2v) is 4.22. The zero-order chi connectivity index (χ0) is 12.3. The topological polar surface area (TPSA) is 41.6 Å². The van der Waals surface area contributed by atoms with Crippen molar-refractivity contribution in [1.82, 2.24) is 5.32 Å². The fourth-order valence-corrected chi connectivity index (χ4v) is 2.02. The number of ether oxygens (including phenoxy) is 1. The molecule has 0 aliphatic carbocycles. The van der Waals surface area contributed by atoms with Crippen LogP contribution >= 0.6 is 0 Å². The standard InChI is InChI=1S/C13H18N2O2/c1-14-9-5-8-12-13(16)15(2)10-6-3-4-7-11(10)17-12/h3-4,6-7,12,14H,5,8-9H2,1-2H3. The molecule has 1 aromatic carbocycles. The number of para-hydroxylation sites is 2. The van der Waals surface area contributed by atoms with Gasteiger partial charge in [0.25, 0.3) is 5.91 Å². The molecule has 4 nitrogen and oxygen atoms in total. The van der Waals surface area contributed by atoms with E-state index in [0.717, 1.165) is 30.8 Å². The summed E-state index contributed by atoms with van der Waals surface area (Å²) in [6.45, 7) is 0.901. The molecule has 17 heavy (non-hydrogen) atoms. The molecule has 0 saturated carbocycles. The maximum atomic E-state index is 12.1. The van der Waals surface area contributed by atoms with Gasteiger partial charge in [-0.1, -0.05) is 12.1 Å². The largest absolute Gasteiger partial charge is 0.478 e. The molecule has 1 aliphatic heterocycles. The predicted molar refractivity (Wildman–Crippen MR) is 67.4 cm³/mol. The van der Waals surface area contributed by atoms with E-state index in [1.807, 2.05) is 31.3 Å². The number of carbonyl (C=O) groups is 1. The number of hydrogen-bond donors (Lipinski definition) is 1. The normalized spacial score (nSPS) is 18.8. The molecule has 1 unspecified atom stereocenters. The molecule has 0 saturated heterocycles. The van der Waals surface area contributed by atoms with Crippen LogP contribution in [0.4, 0.5) is 5.69 Å². The molecule has 1 heterocycles. The number of anilines is 1. The summed E-state index contributed by atoms with van der Waals surface area (Å²) in [6.07, 6.45) is 1.34. The highest BCUT2D eigenvalue weighted by atomic mass is 16.5. The monoisotopic (exact) mass is 234 g/mol. The van der Waals surface area contributed by atoms with Crippen LogP contribution in [0.5, 0.6) is 5.75 Å². The molecule has 0 fully saturated rings. The lowest BCUT2D eigenvalue weighted by Crippen LogP contribution is -2.43. The Balaban J connectivity index is 2.11. The average molecular weight is 234 g/mol. The van der Waals surface area contributed by atoms with Gasteiger partial charge in [0.05, 0.1) is 5.69 Å². The van der Waals surface area contributed by atoms with Crippen LogP contribution in [0.2, 0.25) is 0 Å². The third-order valence-electron chi connectivity index (χ3n) is 2.99. The number of fused-ring (bicyclic) bond motifs is 1. The number of nitrogens with one attached hydrogen (secondary N) is 1. The summed E-state index contributed by atoms with van der Waals surface area (Å²) >= 11 is 0. The van der Waals surface area contributed by atoms with E-state index in [9.17, 15) is 4.79 Å². The first-order chi connectivity index (χ1) is 8.24. The van der Waals surface area contributed by atoms with Crippen molar-refractivity contribution in [3.05, 3.63) is 24.3 Å². The number of nitrogens with zero attached hydrogens (tertiary/aromatic N) is 1. The van der Waals surface area contributed by atoms with Crippen molar-refractivity contribution in [1.29, 1.82) is 0 Å². The van der Waals surface area contributed by atoms with Crippen molar-refractivity contribution in [2.45, 2.75) is 18.9 Å². The van der Waals surface area contributed by atoms with Crippen molar-refractivity contribution in [2.75, 3.05) is 25.5 Å². The smallest absolute Gasteiger partial charge is 0.267 e. The first-order valence-electron chi connectivity index (χ1n) is 5.92. The number of hydrogen-bond acceptors (Lipinski definition) is 3. The molecule has 1 aromatic rings. The SMILES string of the molecule is CNCCCC1Oc2ccccc2N(C)C1=O. The predicted octanol–water partition coefficient (Wildman–Crippen LogP) is 1.41. The first-order valence-corrected chi connectivity index (χ1v) is 5.92. The van der Waals surface area contributed by atoms with Crippen LogP contribution in [-0.4, -0.2) is 32.7 Å². The van der Waals surface area contributed by atoms with Crippen LogP contribution in [-0.2, 0) is 4.79 Å². The molecule has 0 aromatic heterocycles. The Morgan fingerprint density at radius 1 is 1.41 bits per heavy atom. The summed E-state index contributed by atoms with van der Waals surface area (Å²) in [6, 6.07) is 7.64. The van der Waals surface area contributed by atoms with Crippen LogP contribution in [0.1, 0.15) is 12.8 Å². The van der Waals surface area contributed by atoms with Gasteiger partial charge in [-0.2, -0.15) is 0 Å². The number of benzene rings is 1. The van der Waals surface area contributed by atoms with Crippen molar-refractivity contribution < 1.29 is 9.53 Å². The van der Waals surface area contributed by atoms with E-state index in [0.29, 0.717) is 0 Å². The third-order valence-corrected chi connectivity index (χ3v) is 2.99. The molecule has 1 N–H and O–H groups in total. The highest BCUT2D eigenvalue weighted by Gasteiger charge is 2.31. The van der Waals surface area contributed by atoms with Crippen molar-refractivity contribution >= 4 is 11.6 Å². The molecule has 1 aliphatic rings. The maximum Gasteiger partial charge on any atom is 0.267 e. The van der Waals surface area contributed by atoms with E-state index < -0.39 is 0 Å². The summed E-state index contributed by atoms with van der Waals surface area (Å²) in [5.41, 5.74) is 0.849. The van der Waals surface area contributed by atoms with Gasteiger partial charge in [-0.3, -0.25) is 4.79 Å². The summed E-state index contributed by atoms with van der Waals surface area (Å²) in [4.78, 5) is 13.7. The van der Waals surface area contributed by atoms with Crippen molar-refractivity contribution in [3.8, 4) is 5.75 Å². The highest BCUT2D eigenvalue weighted by molar-refractivity contribution is 5.99. The van der Waals surface area contributed by atoms with Crippen LogP contribution in [0, 0.1) is 0 Å². The van der Waals surface area contributed by atoms with Gasteiger partial charge in [0.2, 0.25) is 0 Å². The molecule has 0 bridgehead atoms. The number of likely N-dealkylation sites (N-methyl/N-ethyl adjacent to an activating group) is 1. The molecular formula is C13H18N2O2. The van der Waals surface area contributed by atoms with Crippen LogP contribution in [0.25, 0.3) is 0 Å². The van der Waals surface area contributed by atoms with E-state index >= 15 is 0 Å². The van der Waals surface area contributed by atoms with Crippen LogP contribution in [0.15, 0.2) is 24.3 Å². The Morgan fingerprint density at radius 2 is 2.18 bits per heavy atom. The second kappa shape index (κ2) is 5.19. The minimum absolute atomic E-state index is 0.0415. The number of carbonyl (C=O) groups excluding carboxylic acids is 1. The summed E-state index contributed by atoms with van der Waals surface area (Å²) in [7, 11) is 3.71. The zero-order valence-electron chi connectivity index (χ0n) is 10.3. The van der Waals surface area contributed by atoms with E-state index in [4.69, 9.17) is 4.74 Å². The lowest BCUT2D eigenvalue weighted by Gasteiger charge is -2.31. The van der Waals surface area contributed by atoms with Crippen molar-refractivity contribution in [2.24, 2.45) is 0 Å². The third kappa shape index (κ3) is 2.42. The van der Waals surface area contributed by atoms with Gasteiger partial charge in [-0.15, -0.1) is 0 Å². The molecule has 0 radical (unpaired) electrons. The average Bonchev–Trinajstić information content (AvgIpc) is 2.35. The second-order valence-electron chi connectivity index (χ2n) is 4.22. The zero-order valence-corrected chi connectivity index (χ0v) is 10.3. The van der Waals surface area contributed by atoms with Gasteiger partial charge in [-0.25, -0.2) is 0 Å². The minimum atomic E-state index is -0.344. The molecular weight excluding hydrogens is 216 g/mol. The van der Waals surface area contributed by atoms with Crippen molar-refractivity contribution in [3.63, 3.8) is 0 Å². The van der Waals surface area contributed by atoms with Gasteiger partial charge >= 0.3 is 0 Å². The minimum Gasteiger partial charge on any atom is -0.478 e. The van der Waals surface area contributed by atoms with E-state index in [2.05, 4.69) is 5.32 Å². The molecule has 0 spiro atoms. The maximum absolute atomic E-state index is 12.1. The van der Waals surface area contributed by atoms with E-state index in [-0.39, 0.29) is 12.0 Å². The lowest BCUT2D eigenvalue weighted by molar-refractivity contribution is -0.126. The molecule has 1 amide bonds. The Bertz CT molecular complexity index is 406. The molecule has 92 valence electrons. The Morgan fingerprint density at radius 3 is 2.94 bits per heavy atom. The summed E-state index contributed by atoms with van der Waals surface area (Å²) in [5, 5.41) is 3.07. The molecule has 1 atom stereocenters. The van der Waals surface area contributed by atoms with Gasteiger partial charge in [0, 0.05) is 7.05 Å². The Labute approximate surface area is 102 Å². The van der Waals surface area contributed by atoms with Gasteiger partial charge < -0.3 is 15.0 Å². The number of rotatable bonds is 4. The van der Waals surface area contributed by atoms with Gasteiger partial charge in [0.1, 0.15) is 5.75 Å². The Hall–Kier alpha value is -1.55. The summed E-state index contributed by atoms with van der Waals surface area (Å²) < 4.78 is 5.74. The first kappa shape index (κ1) is 11.9. The quantitative estimate of drug-likeness (QED) is 0.801. The van der Waals surface area contributed by atoms with Crippen LogP contribution in [0.3, 0.4) is 0 Å². The fraction of sp³-hybridized carbons (Fsp3) is 0.462. The Kier molecular flexibility index (Phi) is 3.64. The number of amides is 1. The fourth-order valence-electron chi connectivity index (χ4n) is 2.02. The van der Waals surface area contributed by atoms with Crippen LogP contribution < -0.4 is 15.0 Å². The lowest BCUT2D eigenvalue weighted by atomic mass is 10.1. The van der Waals surface area contributed by atoms with E-state index in [1.54, 1.807) is 11.9 Å². The van der Waals surface area contributed by atoms with Gasteiger partial charge in [-0.05, 0) is 38.6 Å². The summed E-state index contributed by atoms with van der Waals surface area (Å²) in [5.74, 6) is 0.837. The highest BCUT2D eigenvalue weighted by Crippen LogP contribution is 2.33.